The van der Waals surface area contributed by atoms with Crippen molar-refractivity contribution in [3.8, 4) is 6.07 Å². The normalized spacial score (nSPS) is 14.5. The van der Waals surface area contributed by atoms with Gasteiger partial charge in [0.2, 0.25) is 5.91 Å². The van der Waals surface area contributed by atoms with Crippen LogP contribution in [0, 0.1) is 30.0 Å². The number of pyridine rings is 1. The highest BCUT2D eigenvalue weighted by Gasteiger charge is 2.27. The molecule has 0 radical (unpaired) electrons. The third-order valence-electron chi connectivity index (χ3n) is 5.49. The maximum absolute atomic E-state index is 13.9. The molecule has 2 heterocycles. The van der Waals surface area contributed by atoms with E-state index in [0.29, 0.717) is 58.8 Å². The quantitative estimate of drug-likeness (QED) is 0.640. The van der Waals surface area contributed by atoms with Crippen LogP contribution >= 0.6 is 11.6 Å². The number of carbonyl (C=O) groups excluding carboxylic acids is 1. The number of anilines is 2. The molecule has 1 amide bonds. The van der Waals surface area contributed by atoms with Gasteiger partial charge in [0.15, 0.2) is 0 Å². The fourth-order valence-electron chi connectivity index (χ4n) is 3.89. The Kier molecular flexibility index (Phi) is 5.56. The second kappa shape index (κ2) is 8.29. The van der Waals surface area contributed by atoms with Gasteiger partial charge in [-0.2, -0.15) is 5.26 Å². The molecule has 5 nitrogen and oxygen atoms in total. The lowest BCUT2D eigenvalue weighted by atomic mass is 9.94. The molecule has 0 bridgehead atoms. The predicted molar refractivity (Wildman–Crippen MR) is 116 cm³/mol. The molecule has 0 spiro atoms. The van der Waals surface area contributed by atoms with E-state index in [9.17, 15) is 14.4 Å². The number of rotatable bonds is 3. The second-order valence-corrected chi connectivity index (χ2v) is 7.93. The topological polar surface area (TPSA) is 69.0 Å². The molecule has 2 aromatic carbocycles. The van der Waals surface area contributed by atoms with Crippen LogP contribution < -0.4 is 10.2 Å². The minimum Gasteiger partial charge on any atom is -0.370 e. The standard InChI is InChI=1S/C23H20ClFN4O/c1-14-2-4-21(19(24)10-14)28-23(30)15-6-8-29(9-7-15)22-16(12-26)13-27-20-5-3-17(25)11-18(20)22/h2-5,10-11,13,15H,6-9H2,1H3,(H,28,30). The van der Waals surface area contributed by atoms with Crippen LogP contribution in [0.3, 0.4) is 0 Å². The van der Waals surface area contributed by atoms with Crippen LogP contribution in [0.1, 0.15) is 24.0 Å². The van der Waals surface area contributed by atoms with E-state index in [0.717, 1.165) is 5.56 Å². The van der Waals surface area contributed by atoms with Crippen molar-refractivity contribution in [3.05, 3.63) is 64.6 Å². The molecule has 1 N–H and O–H groups in total. The van der Waals surface area contributed by atoms with Gasteiger partial charge >= 0.3 is 0 Å². The average Bonchev–Trinajstić information content (AvgIpc) is 2.75. The Morgan fingerprint density at radius 1 is 1.27 bits per heavy atom. The highest BCUT2D eigenvalue weighted by molar-refractivity contribution is 6.33. The van der Waals surface area contributed by atoms with Crippen LogP contribution in [0.5, 0.6) is 0 Å². The van der Waals surface area contributed by atoms with Gasteiger partial charge < -0.3 is 10.2 Å². The molecule has 0 saturated carbocycles. The van der Waals surface area contributed by atoms with Gasteiger partial charge in [-0.05, 0) is 55.7 Å². The summed E-state index contributed by atoms with van der Waals surface area (Å²) < 4.78 is 13.9. The molecule has 1 aliphatic heterocycles. The van der Waals surface area contributed by atoms with Crippen molar-refractivity contribution in [2.75, 3.05) is 23.3 Å². The maximum Gasteiger partial charge on any atom is 0.227 e. The summed E-state index contributed by atoms with van der Waals surface area (Å²) in [6.07, 6.45) is 2.77. The minimum atomic E-state index is -0.370. The molecular weight excluding hydrogens is 403 g/mol. The zero-order chi connectivity index (χ0) is 21.3. The van der Waals surface area contributed by atoms with E-state index in [-0.39, 0.29) is 17.6 Å². The van der Waals surface area contributed by atoms with Crippen LogP contribution in [0.2, 0.25) is 5.02 Å². The number of hydrogen-bond donors (Lipinski definition) is 1. The van der Waals surface area contributed by atoms with E-state index in [4.69, 9.17) is 11.6 Å². The number of hydrogen-bond acceptors (Lipinski definition) is 4. The minimum absolute atomic E-state index is 0.0634. The van der Waals surface area contributed by atoms with Crippen molar-refractivity contribution in [1.82, 2.24) is 4.98 Å². The number of aromatic nitrogens is 1. The average molecular weight is 423 g/mol. The number of halogens is 2. The van der Waals surface area contributed by atoms with Gasteiger partial charge in [0.25, 0.3) is 0 Å². The Morgan fingerprint density at radius 2 is 2.03 bits per heavy atom. The highest BCUT2D eigenvalue weighted by Crippen LogP contribution is 2.33. The smallest absolute Gasteiger partial charge is 0.227 e. The number of fused-ring (bicyclic) bond motifs is 1. The molecule has 1 aliphatic rings. The van der Waals surface area contributed by atoms with Crippen molar-refractivity contribution < 1.29 is 9.18 Å². The van der Waals surface area contributed by atoms with Crippen LogP contribution in [-0.2, 0) is 4.79 Å². The SMILES string of the molecule is Cc1ccc(NC(=O)C2CCN(c3c(C#N)cnc4ccc(F)cc34)CC2)c(Cl)c1. The number of nitriles is 1. The number of aryl methyl sites for hydroxylation is 1. The molecule has 152 valence electrons. The van der Waals surface area contributed by atoms with E-state index in [1.165, 1.54) is 18.3 Å². The first kappa shape index (κ1) is 20.1. The molecule has 1 saturated heterocycles. The molecule has 0 atom stereocenters. The monoisotopic (exact) mass is 422 g/mol. The first-order valence-electron chi connectivity index (χ1n) is 9.76. The molecule has 0 unspecified atom stereocenters. The molecule has 30 heavy (non-hydrogen) atoms. The van der Waals surface area contributed by atoms with Crippen molar-refractivity contribution in [3.63, 3.8) is 0 Å². The van der Waals surface area contributed by atoms with E-state index in [1.54, 1.807) is 6.07 Å². The summed E-state index contributed by atoms with van der Waals surface area (Å²) in [4.78, 5) is 19.0. The molecule has 4 rings (SSSR count). The summed E-state index contributed by atoms with van der Waals surface area (Å²) in [6, 6.07) is 12.1. The Bertz CT molecular complexity index is 1170. The summed E-state index contributed by atoms with van der Waals surface area (Å²) in [5.41, 5.74) is 3.36. The largest absolute Gasteiger partial charge is 0.370 e. The molecule has 1 aromatic heterocycles. The number of nitrogens with zero attached hydrogens (tertiary/aromatic N) is 3. The van der Waals surface area contributed by atoms with Gasteiger partial charge in [0.05, 0.1) is 27.5 Å². The van der Waals surface area contributed by atoms with Gasteiger partial charge in [-0.15, -0.1) is 0 Å². The summed E-state index contributed by atoms with van der Waals surface area (Å²) in [7, 11) is 0. The number of carbonyl (C=O) groups is 1. The van der Waals surface area contributed by atoms with Crippen LogP contribution in [-0.4, -0.2) is 24.0 Å². The van der Waals surface area contributed by atoms with Gasteiger partial charge in [0.1, 0.15) is 11.9 Å². The third-order valence-corrected chi connectivity index (χ3v) is 5.80. The summed E-state index contributed by atoms with van der Waals surface area (Å²) >= 11 is 6.23. The van der Waals surface area contributed by atoms with E-state index < -0.39 is 0 Å². The second-order valence-electron chi connectivity index (χ2n) is 7.53. The molecule has 1 fully saturated rings. The molecule has 7 heteroatoms. The lowest BCUT2D eigenvalue weighted by Crippen LogP contribution is -2.38. The van der Waals surface area contributed by atoms with Gasteiger partial charge in [-0.1, -0.05) is 17.7 Å². The van der Waals surface area contributed by atoms with Crippen LogP contribution in [0.4, 0.5) is 15.8 Å². The third kappa shape index (κ3) is 3.94. The first-order valence-corrected chi connectivity index (χ1v) is 10.1. The lowest BCUT2D eigenvalue weighted by molar-refractivity contribution is -0.120. The van der Waals surface area contributed by atoms with Crippen molar-refractivity contribution in [2.45, 2.75) is 19.8 Å². The van der Waals surface area contributed by atoms with Gasteiger partial charge in [-0.25, -0.2) is 4.39 Å². The number of amides is 1. The first-order chi connectivity index (χ1) is 14.5. The Balaban J connectivity index is 1.52. The van der Waals surface area contributed by atoms with Gasteiger partial charge in [0, 0.05) is 30.6 Å². The van der Waals surface area contributed by atoms with Gasteiger partial charge in [-0.3, -0.25) is 9.78 Å². The van der Waals surface area contributed by atoms with Crippen molar-refractivity contribution in [1.29, 1.82) is 5.26 Å². The lowest BCUT2D eigenvalue weighted by Gasteiger charge is -2.34. The zero-order valence-corrected chi connectivity index (χ0v) is 17.2. The summed E-state index contributed by atoms with van der Waals surface area (Å²) in [6.45, 7) is 3.12. The Labute approximate surface area is 179 Å². The summed E-state index contributed by atoms with van der Waals surface area (Å²) in [5.74, 6) is -0.592. The predicted octanol–water partition coefficient (Wildman–Crippen LogP) is 5.06. The molecule has 0 aliphatic carbocycles. The number of nitrogens with one attached hydrogen (secondary N) is 1. The molecular formula is C23H20ClFN4O. The van der Waals surface area contributed by atoms with Crippen molar-refractivity contribution in [2.24, 2.45) is 5.92 Å². The Hall–Kier alpha value is -3.17. The van der Waals surface area contributed by atoms with Crippen molar-refractivity contribution >= 4 is 39.8 Å². The van der Waals surface area contributed by atoms with E-state index >= 15 is 0 Å². The van der Waals surface area contributed by atoms with E-state index in [2.05, 4.69) is 16.4 Å². The van der Waals surface area contributed by atoms with E-state index in [1.807, 2.05) is 30.0 Å². The maximum atomic E-state index is 13.9. The number of benzene rings is 2. The highest BCUT2D eigenvalue weighted by atomic mass is 35.5. The van der Waals surface area contributed by atoms with Crippen LogP contribution in [0.15, 0.2) is 42.6 Å². The number of piperidine rings is 1. The fraction of sp³-hybridized carbons (Fsp3) is 0.261. The fourth-order valence-corrected chi connectivity index (χ4v) is 4.18. The molecule has 3 aromatic rings. The Morgan fingerprint density at radius 3 is 2.73 bits per heavy atom. The van der Waals surface area contributed by atoms with Crippen LogP contribution in [0.25, 0.3) is 10.9 Å². The zero-order valence-electron chi connectivity index (χ0n) is 16.5. The summed E-state index contributed by atoms with van der Waals surface area (Å²) in [5, 5.41) is 13.6.